The van der Waals surface area contributed by atoms with Gasteiger partial charge in [-0.2, -0.15) is 0 Å². The maximum atomic E-state index is 9.58. The van der Waals surface area contributed by atoms with Crippen LogP contribution in [0.15, 0.2) is 23.4 Å². The lowest BCUT2D eigenvalue weighted by Crippen LogP contribution is -2.41. The summed E-state index contributed by atoms with van der Waals surface area (Å²) in [6.07, 6.45) is 2.95. The summed E-state index contributed by atoms with van der Waals surface area (Å²) in [5.74, 6) is 0.630. The van der Waals surface area contributed by atoms with E-state index in [4.69, 9.17) is 5.73 Å². The number of aliphatic hydroxyl groups is 2. The van der Waals surface area contributed by atoms with Crippen LogP contribution in [0.5, 0.6) is 0 Å². The Morgan fingerprint density at radius 1 is 1.22 bits per heavy atom. The summed E-state index contributed by atoms with van der Waals surface area (Å²) in [4.78, 5) is 2.52. The molecule has 0 radical (unpaired) electrons. The fourth-order valence-electron chi connectivity index (χ4n) is 4.01. The summed E-state index contributed by atoms with van der Waals surface area (Å²) >= 11 is 0. The molecule has 2 heterocycles. The van der Waals surface area contributed by atoms with Gasteiger partial charge in [-0.05, 0) is 46.6 Å². The van der Waals surface area contributed by atoms with E-state index in [1.54, 1.807) is 0 Å². The number of aliphatic hydroxyl groups excluding tert-OH is 2. The zero-order valence-electron chi connectivity index (χ0n) is 14.2. The molecule has 1 aromatic rings. The Hall–Kier alpha value is -1.36. The highest BCUT2D eigenvalue weighted by atomic mass is 16.3. The van der Waals surface area contributed by atoms with Crippen molar-refractivity contribution in [1.29, 1.82) is 0 Å². The topological polar surface area (TPSA) is 69.7 Å². The zero-order chi connectivity index (χ0) is 16.6. The molecule has 0 saturated heterocycles. The first-order valence-electron chi connectivity index (χ1n) is 8.60. The van der Waals surface area contributed by atoms with Crippen molar-refractivity contribution in [2.24, 2.45) is 11.7 Å². The van der Waals surface area contributed by atoms with Crippen molar-refractivity contribution in [1.82, 2.24) is 4.90 Å². The summed E-state index contributed by atoms with van der Waals surface area (Å²) in [7, 11) is 0. The number of fused-ring (bicyclic) bond motifs is 3. The van der Waals surface area contributed by atoms with E-state index >= 15 is 0 Å². The quantitative estimate of drug-likeness (QED) is 0.797. The van der Waals surface area contributed by atoms with Gasteiger partial charge in [0.1, 0.15) is 0 Å². The molecule has 2 aliphatic heterocycles. The Kier molecular flexibility index (Phi) is 4.76. The highest BCUT2D eigenvalue weighted by Gasteiger charge is 2.33. The van der Waals surface area contributed by atoms with E-state index in [1.807, 2.05) is 0 Å². The lowest BCUT2D eigenvalue weighted by molar-refractivity contribution is 0.181. The molecule has 1 aromatic carbocycles. The molecule has 0 bridgehead atoms. The molecule has 0 saturated carbocycles. The Morgan fingerprint density at radius 3 is 2.57 bits per heavy atom. The van der Waals surface area contributed by atoms with Crippen LogP contribution in [0, 0.1) is 5.92 Å². The molecular formula is C19H28N2O2. The predicted octanol–water partition coefficient (Wildman–Crippen LogP) is 2.23. The highest BCUT2D eigenvalue weighted by molar-refractivity contribution is 5.43. The molecule has 0 spiro atoms. The number of nitrogens with two attached hydrogens (primary N) is 1. The number of benzene rings is 1. The summed E-state index contributed by atoms with van der Waals surface area (Å²) in [6, 6.07) is 4.47. The van der Waals surface area contributed by atoms with Crippen LogP contribution in [-0.4, -0.2) is 28.2 Å². The molecule has 0 aromatic heterocycles. The summed E-state index contributed by atoms with van der Waals surface area (Å²) in [6.45, 7) is 6.43. The maximum Gasteiger partial charge on any atom is 0.0685 e. The van der Waals surface area contributed by atoms with E-state index in [0.29, 0.717) is 12.0 Å². The van der Waals surface area contributed by atoms with Gasteiger partial charge in [0, 0.05) is 31.2 Å². The smallest absolute Gasteiger partial charge is 0.0685 e. The number of hydrogen-bond donors (Lipinski definition) is 3. The van der Waals surface area contributed by atoms with Crippen LogP contribution in [0.3, 0.4) is 0 Å². The molecule has 4 heteroatoms. The van der Waals surface area contributed by atoms with E-state index in [1.165, 1.54) is 16.7 Å². The average molecular weight is 316 g/mol. The van der Waals surface area contributed by atoms with Gasteiger partial charge in [0.25, 0.3) is 0 Å². The fourth-order valence-corrected chi connectivity index (χ4v) is 4.01. The minimum absolute atomic E-state index is 0.0157. The molecular weight excluding hydrogens is 288 g/mol. The van der Waals surface area contributed by atoms with Crippen molar-refractivity contribution in [3.63, 3.8) is 0 Å². The maximum absolute atomic E-state index is 9.58. The van der Waals surface area contributed by atoms with Crippen LogP contribution >= 0.6 is 0 Å². The molecule has 1 atom stereocenters. The monoisotopic (exact) mass is 316 g/mol. The molecule has 0 fully saturated rings. The second-order valence-electron chi connectivity index (χ2n) is 7.30. The van der Waals surface area contributed by atoms with Gasteiger partial charge in [-0.1, -0.05) is 26.0 Å². The first-order valence-corrected chi connectivity index (χ1v) is 8.60. The van der Waals surface area contributed by atoms with Crippen LogP contribution in [-0.2, 0) is 19.6 Å². The Morgan fingerprint density at radius 2 is 1.91 bits per heavy atom. The van der Waals surface area contributed by atoms with Crippen LogP contribution in [0.2, 0.25) is 0 Å². The third-order valence-corrected chi connectivity index (χ3v) is 5.19. The fraction of sp³-hybridized carbons (Fsp3) is 0.579. The van der Waals surface area contributed by atoms with Crippen LogP contribution in [0.25, 0.3) is 0 Å². The molecule has 23 heavy (non-hydrogen) atoms. The second kappa shape index (κ2) is 6.63. The van der Waals surface area contributed by atoms with Gasteiger partial charge in [-0.25, -0.2) is 0 Å². The van der Waals surface area contributed by atoms with E-state index in [9.17, 15) is 10.2 Å². The van der Waals surface area contributed by atoms with Gasteiger partial charge in [0.15, 0.2) is 0 Å². The molecule has 0 unspecified atom stereocenters. The normalized spacial score (nSPS) is 21.5. The SMILES string of the molecule is CC(C)CC1=C(N)C[C@@H]2c3cc(CO)c(CO)cc3CCN2C1. The first-order chi connectivity index (χ1) is 11.0. The van der Waals surface area contributed by atoms with Gasteiger partial charge >= 0.3 is 0 Å². The van der Waals surface area contributed by atoms with Crippen molar-refractivity contribution in [3.8, 4) is 0 Å². The van der Waals surface area contributed by atoms with E-state index in [0.717, 1.165) is 49.2 Å². The van der Waals surface area contributed by atoms with Crippen LogP contribution in [0.1, 0.15) is 55.0 Å². The molecule has 0 amide bonds. The van der Waals surface area contributed by atoms with E-state index in [2.05, 4.69) is 30.9 Å². The van der Waals surface area contributed by atoms with Crippen molar-refractivity contribution in [3.05, 3.63) is 45.7 Å². The molecule has 126 valence electrons. The van der Waals surface area contributed by atoms with Crippen molar-refractivity contribution < 1.29 is 10.2 Å². The third kappa shape index (κ3) is 3.16. The van der Waals surface area contributed by atoms with Gasteiger partial charge < -0.3 is 15.9 Å². The summed E-state index contributed by atoms with van der Waals surface area (Å²) in [5, 5.41) is 19.1. The highest BCUT2D eigenvalue weighted by Crippen LogP contribution is 2.39. The Balaban J connectivity index is 1.94. The largest absolute Gasteiger partial charge is 0.402 e. The Labute approximate surface area is 138 Å². The minimum Gasteiger partial charge on any atom is -0.402 e. The second-order valence-corrected chi connectivity index (χ2v) is 7.30. The summed E-state index contributed by atoms with van der Waals surface area (Å²) < 4.78 is 0. The third-order valence-electron chi connectivity index (χ3n) is 5.19. The molecule has 0 aliphatic carbocycles. The van der Waals surface area contributed by atoms with Crippen LogP contribution < -0.4 is 5.73 Å². The Bertz CT molecular complexity index is 622. The number of hydrogen-bond acceptors (Lipinski definition) is 4. The van der Waals surface area contributed by atoms with E-state index in [-0.39, 0.29) is 13.2 Å². The lowest BCUT2D eigenvalue weighted by atomic mass is 9.83. The average Bonchev–Trinajstić information content (AvgIpc) is 2.53. The predicted molar refractivity (Wildman–Crippen MR) is 91.6 cm³/mol. The molecule has 4 N–H and O–H groups in total. The van der Waals surface area contributed by atoms with Crippen molar-refractivity contribution in [2.45, 2.75) is 52.4 Å². The van der Waals surface area contributed by atoms with Gasteiger partial charge in [0.05, 0.1) is 13.2 Å². The van der Waals surface area contributed by atoms with Gasteiger partial charge in [0.2, 0.25) is 0 Å². The standard InChI is InChI=1S/C19H28N2O2/c1-12(2)5-14-9-21-4-3-13-6-15(10-22)16(11-23)7-17(13)19(21)8-18(14)20/h6-7,12,19,22-23H,3-5,8-11,20H2,1-2H3/t19-/m1/s1. The molecule has 3 rings (SSSR count). The minimum atomic E-state index is -0.0280. The molecule has 4 nitrogen and oxygen atoms in total. The molecule has 2 aliphatic rings. The number of nitrogens with zero attached hydrogens (tertiary/aromatic N) is 1. The van der Waals surface area contributed by atoms with Gasteiger partial charge in [-0.3, -0.25) is 4.90 Å². The summed E-state index contributed by atoms with van der Waals surface area (Å²) in [5.41, 5.74) is 13.1. The zero-order valence-corrected chi connectivity index (χ0v) is 14.2. The van der Waals surface area contributed by atoms with Crippen molar-refractivity contribution >= 4 is 0 Å². The first kappa shape index (κ1) is 16.5. The lowest BCUT2D eigenvalue weighted by Gasteiger charge is -2.42. The van der Waals surface area contributed by atoms with E-state index < -0.39 is 0 Å². The van der Waals surface area contributed by atoms with Crippen molar-refractivity contribution in [2.75, 3.05) is 13.1 Å². The van der Waals surface area contributed by atoms with Gasteiger partial charge in [-0.15, -0.1) is 0 Å². The number of rotatable bonds is 4. The van der Waals surface area contributed by atoms with Crippen LogP contribution in [0.4, 0.5) is 0 Å².